The Labute approximate surface area is 70.2 Å². The third-order valence-corrected chi connectivity index (χ3v) is 1.72. The van der Waals surface area contributed by atoms with Crippen LogP contribution < -0.4 is 0 Å². The maximum Gasteiger partial charge on any atom is 0.0639 e. The number of nitrogens with zero attached hydrogens (tertiary/aromatic N) is 1. The van der Waals surface area contributed by atoms with E-state index in [9.17, 15) is 0 Å². The molecule has 0 aromatic rings. The van der Waals surface area contributed by atoms with E-state index in [0.717, 1.165) is 6.54 Å². The highest BCUT2D eigenvalue weighted by molar-refractivity contribution is 4.67. The summed E-state index contributed by atoms with van der Waals surface area (Å²) in [4.78, 5) is 2.31. The van der Waals surface area contributed by atoms with Crippen molar-refractivity contribution in [2.75, 3.05) is 19.6 Å². The first-order valence-electron chi connectivity index (χ1n) is 4.69. The van der Waals surface area contributed by atoms with Crippen LogP contribution in [0.4, 0.5) is 0 Å². The molecular weight excluding hydrogens is 138 g/mol. The first-order valence-corrected chi connectivity index (χ1v) is 4.69. The summed E-state index contributed by atoms with van der Waals surface area (Å²) in [6.07, 6.45) is 2.47. The van der Waals surface area contributed by atoms with Crippen LogP contribution in [0.5, 0.6) is 0 Å². The Hall–Kier alpha value is -0.0800. The topological polar surface area (TPSA) is 23.5 Å². The summed E-state index contributed by atoms with van der Waals surface area (Å²) >= 11 is 0. The van der Waals surface area contributed by atoms with Crippen molar-refractivity contribution < 1.29 is 5.11 Å². The molecule has 11 heavy (non-hydrogen) atoms. The molecule has 68 valence electrons. The van der Waals surface area contributed by atoms with Crippen molar-refractivity contribution in [1.82, 2.24) is 4.90 Å². The van der Waals surface area contributed by atoms with Crippen LogP contribution >= 0.6 is 0 Å². The van der Waals surface area contributed by atoms with Crippen molar-refractivity contribution in [3.63, 3.8) is 0 Å². The Kier molecular flexibility index (Phi) is 6.57. The lowest BCUT2D eigenvalue weighted by Gasteiger charge is -2.15. The molecule has 1 saturated heterocycles. The van der Waals surface area contributed by atoms with E-state index in [2.05, 4.69) is 4.90 Å². The number of rotatable bonds is 2. The van der Waals surface area contributed by atoms with Crippen LogP contribution in [0.25, 0.3) is 0 Å². The van der Waals surface area contributed by atoms with Gasteiger partial charge >= 0.3 is 0 Å². The van der Waals surface area contributed by atoms with Gasteiger partial charge in [-0.3, -0.25) is 0 Å². The smallest absolute Gasteiger partial charge is 0.0639 e. The van der Waals surface area contributed by atoms with E-state index in [0.29, 0.717) is 0 Å². The molecule has 1 unspecified atom stereocenters. The average molecular weight is 159 g/mol. The highest BCUT2D eigenvalue weighted by Gasteiger charge is 2.12. The number of aliphatic hydroxyl groups excluding tert-OH is 1. The average Bonchev–Trinajstić information content (AvgIpc) is 2.43. The van der Waals surface area contributed by atoms with Crippen LogP contribution in [0, 0.1) is 0 Å². The van der Waals surface area contributed by atoms with E-state index in [4.69, 9.17) is 5.11 Å². The largest absolute Gasteiger partial charge is 0.392 e. The van der Waals surface area contributed by atoms with Gasteiger partial charge in [0.05, 0.1) is 6.10 Å². The quantitative estimate of drug-likeness (QED) is 0.660. The molecule has 0 aromatic carbocycles. The zero-order valence-electron chi connectivity index (χ0n) is 8.01. The molecular formula is C9H21NO. The van der Waals surface area contributed by atoms with Gasteiger partial charge in [0.25, 0.3) is 0 Å². The Morgan fingerprint density at radius 1 is 1.27 bits per heavy atom. The summed E-state index contributed by atoms with van der Waals surface area (Å²) < 4.78 is 0. The van der Waals surface area contributed by atoms with Crippen LogP contribution in [0.2, 0.25) is 0 Å². The second-order valence-corrected chi connectivity index (χ2v) is 2.86. The van der Waals surface area contributed by atoms with Crippen LogP contribution in [0.15, 0.2) is 0 Å². The molecule has 1 atom stereocenters. The van der Waals surface area contributed by atoms with Crippen molar-refractivity contribution in [3.05, 3.63) is 0 Å². The fourth-order valence-electron chi connectivity index (χ4n) is 1.34. The number of likely N-dealkylation sites (tertiary alicyclic amines) is 1. The molecule has 1 heterocycles. The molecule has 0 amide bonds. The van der Waals surface area contributed by atoms with Gasteiger partial charge in [-0.2, -0.15) is 0 Å². The molecule has 0 spiro atoms. The normalized spacial score (nSPS) is 20.7. The van der Waals surface area contributed by atoms with Crippen LogP contribution in [-0.2, 0) is 0 Å². The van der Waals surface area contributed by atoms with Crippen LogP contribution in [0.1, 0.15) is 33.6 Å². The van der Waals surface area contributed by atoms with E-state index < -0.39 is 0 Å². The van der Waals surface area contributed by atoms with Crippen molar-refractivity contribution in [1.29, 1.82) is 0 Å². The van der Waals surface area contributed by atoms with Gasteiger partial charge in [0.2, 0.25) is 0 Å². The van der Waals surface area contributed by atoms with Gasteiger partial charge in [-0.25, -0.2) is 0 Å². The third-order valence-electron chi connectivity index (χ3n) is 1.72. The predicted octanol–water partition coefficient (Wildman–Crippen LogP) is 1.49. The minimum absolute atomic E-state index is 0.150. The van der Waals surface area contributed by atoms with E-state index in [1.807, 2.05) is 20.8 Å². The van der Waals surface area contributed by atoms with Gasteiger partial charge < -0.3 is 10.0 Å². The second kappa shape index (κ2) is 6.62. The van der Waals surface area contributed by atoms with Crippen LogP contribution in [-0.4, -0.2) is 35.7 Å². The number of aliphatic hydroxyl groups is 1. The lowest BCUT2D eigenvalue weighted by Crippen LogP contribution is -2.27. The molecule has 2 heteroatoms. The lowest BCUT2D eigenvalue weighted by atomic mass is 10.4. The molecule has 1 rings (SSSR count). The summed E-state index contributed by atoms with van der Waals surface area (Å²) in [6.45, 7) is 9.08. The Morgan fingerprint density at radius 2 is 1.73 bits per heavy atom. The van der Waals surface area contributed by atoms with Gasteiger partial charge in [-0.1, -0.05) is 13.8 Å². The summed E-state index contributed by atoms with van der Waals surface area (Å²) in [5.41, 5.74) is 0. The zero-order valence-corrected chi connectivity index (χ0v) is 8.01. The Bertz CT molecular complexity index is 77.6. The van der Waals surface area contributed by atoms with Gasteiger partial charge in [0.15, 0.2) is 0 Å². The molecule has 1 fully saturated rings. The van der Waals surface area contributed by atoms with Crippen molar-refractivity contribution in [2.24, 2.45) is 0 Å². The van der Waals surface area contributed by atoms with Gasteiger partial charge in [0, 0.05) is 6.54 Å². The van der Waals surface area contributed by atoms with Gasteiger partial charge in [0.1, 0.15) is 0 Å². The van der Waals surface area contributed by atoms with Gasteiger partial charge in [-0.05, 0) is 32.9 Å². The minimum atomic E-state index is -0.150. The maximum atomic E-state index is 8.97. The lowest BCUT2D eigenvalue weighted by molar-refractivity contribution is 0.141. The Balaban J connectivity index is 0.000000461. The molecule has 1 aliphatic rings. The second-order valence-electron chi connectivity index (χ2n) is 2.86. The van der Waals surface area contributed by atoms with Crippen molar-refractivity contribution in [3.8, 4) is 0 Å². The summed E-state index contributed by atoms with van der Waals surface area (Å²) in [7, 11) is 0. The monoisotopic (exact) mass is 159 g/mol. The summed E-state index contributed by atoms with van der Waals surface area (Å²) in [5, 5.41) is 8.97. The van der Waals surface area contributed by atoms with E-state index in [-0.39, 0.29) is 6.10 Å². The number of hydrogen-bond acceptors (Lipinski definition) is 2. The fourth-order valence-corrected chi connectivity index (χ4v) is 1.34. The number of β-amino-alcohol motifs (C(OH)–C–C–N with tert-alkyl or cyclic N) is 1. The molecule has 1 aliphatic heterocycles. The minimum Gasteiger partial charge on any atom is -0.392 e. The predicted molar refractivity (Wildman–Crippen MR) is 48.7 cm³/mol. The summed E-state index contributed by atoms with van der Waals surface area (Å²) in [6, 6.07) is 0. The highest BCUT2D eigenvalue weighted by Crippen LogP contribution is 2.06. The van der Waals surface area contributed by atoms with Gasteiger partial charge in [-0.15, -0.1) is 0 Å². The van der Waals surface area contributed by atoms with E-state index >= 15 is 0 Å². The molecule has 2 nitrogen and oxygen atoms in total. The first-order chi connectivity index (χ1) is 5.29. The Morgan fingerprint density at radius 3 is 2.09 bits per heavy atom. The molecule has 0 aliphatic carbocycles. The summed E-state index contributed by atoms with van der Waals surface area (Å²) in [5.74, 6) is 0. The number of hydrogen-bond donors (Lipinski definition) is 1. The molecule has 0 radical (unpaired) electrons. The highest BCUT2D eigenvalue weighted by atomic mass is 16.3. The zero-order chi connectivity index (χ0) is 8.69. The molecule has 1 N–H and O–H groups in total. The SMILES string of the molecule is CC.CC(O)CN1CCCC1. The first kappa shape index (κ1) is 10.9. The van der Waals surface area contributed by atoms with Crippen molar-refractivity contribution in [2.45, 2.75) is 39.7 Å². The van der Waals surface area contributed by atoms with Crippen molar-refractivity contribution >= 4 is 0 Å². The van der Waals surface area contributed by atoms with E-state index in [1.54, 1.807) is 0 Å². The van der Waals surface area contributed by atoms with Crippen LogP contribution in [0.3, 0.4) is 0 Å². The molecule has 0 aromatic heterocycles. The molecule has 0 saturated carbocycles. The standard InChI is InChI=1S/C7H15NO.C2H6/c1-7(9)6-8-4-2-3-5-8;1-2/h7,9H,2-6H2,1H3;1-2H3. The third kappa shape index (κ3) is 5.22. The fraction of sp³-hybridized carbons (Fsp3) is 1.00. The molecule has 0 bridgehead atoms. The maximum absolute atomic E-state index is 8.97. The van der Waals surface area contributed by atoms with E-state index in [1.165, 1.54) is 25.9 Å².